The van der Waals surface area contributed by atoms with E-state index >= 15 is 0 Å². The van der Waals surface area contributed by atoms with Crippen LogP contribution in [0.3, 0.4) is 0 Å². The number of nitrogen functional groups attached to an aromatic ring is 3. The van der Waals surface area contributed by atoms with Gasteiger partial charge >= 0.3 is 0 Å². The van der Waals surface area contributed by atoms with Gasteiger partial charge in [-0.05, 0) is 54.4 Å². The van der Waals surface area contributed by atoms with Crippen molar-refractivity contribution in [3.05, 3.63) is 53.6 Å². The summed E-state index contributed by atoms with van der Waals surface area (Å²) in [6, 6.07) is 11.4. The standard InChI is InChI=1S/C16H20N4/c1-11-9-14(18)10-12(16(11)19)3-2-8-20-15-6-4-13(17)5-7-15/h2-7,9-10,20H,8,17-19H2,1H3. The average molecular weight is 268 g/mol. The summed E-state index contributed by atoms with van der Waals surface area (Å²) in [6.45, 7) is 2.66. The molecule has 0 aromatic heterocycles. The molecule has 0 radical (unpaired) electrons. The summed E-state index contributed by atoms with van der Waals surface area (Å²) in [5.41, 5.74) is 22.7. The van der Waals surface area contributed by atoms with Crippen LogP contribution >= 0.6 is 0 Å². The number of aryl methyl sites for hydroxylation is 1. The van der Waals surface area contributed by atoms with Crippen LogP contribution in [0.4, 0.5) is 22.7 Å². The molecule has 2 aromatic rings. The van der Waals surface area contributed by atoms with Gasteiger partial charge in [-0.2, -0.15) is 0 Å². The minimum atomic E-state index is 0.706. The Kier molecular flexibility index (Phi) is 4.15. The second-order valence-electron chi connectivity index (χ2n) is 4.75. The molecule has 0 atom stereocenters. The molecule has 2 rings (SSSR count). The Hall–Kier alpha value is -2.62. The van der Waals surface area contributed by atoms with Gasteiger partial charge in [-0.1, -0.05) is 12.2 Å². The lowest BCUT2D eigenvalue weighted by molar-refractivity contribution is 1.34. The van der Waals surface area contributed by atoms with Crippen molar-refractivity contribution in [1.29, 1.82) is 0 Å². The van der Waals surface area contributed by atoms with Crippen LogP contribution in [-0.4, -0.2) is 6.54 Å². The number of nitrogens with two attached hydrogens (primary N) is 3. The number of benzene rings is 2. The molecular weight excluding hydrogens is 248 g/mol. The zero-order valence-corrected chi connectivity index (χ0v) is 11.6. The van der Waals surface area contributed by atoms with E-state index in [9.17, 15) is 0 Å². The molecule has 0 saturated heterocycles. The van der Waals surface area contributed by atoms with Crippen LogP contribution in [0.2, 0.25) is 0 Å². The highest BCUT2D eigenvalue weighted by molar-refractivity contribution is 5.72. The molecule has 4 heteroatoms. The van der Waals surface area contributed by atoms with E-state index in [0.29, 0.717) is 6.54 Å². The van der Waals surface area contributed by atoms with E-state index in [2.05, 4.69) is 5.32 Å². The van der Waals surface area contributed by atoms with Gasteiger partial charge in [-0.3, -0.25) is 0 Å². The van der Waals surface area contributed by atoms with Crippen LogP contribution in [0, 0.1) is 6.92 Å². The third-order valence-electron chi connectivity index (χ3n) is 3.07. The van der Waals surface area contributed by atoms with Gasteiger partial charge in [-0.15, -0.1) is 0 Å². The highest BCUT2D eigenvalue weighted by atomic mass is 14.9. The second-order valence-corrected chi connectivity index (χ2v) is 4.75. The SMILES string of the molecule is Cc1cc(N)cc(C=CCNc2ccc(N)cc2)c1N. The molecule has 7 N–H and O–H groups in total. The minimum absolute atomic E-state index is 0.706. The monoisotopic (exact) mass is 268 g/mol. The van der Waals surface area contributed by atoms with Crippen molar-refractivity contribution in [3.8, 4) is 0 Å². The summed E-state index contributed by atoms with van der Waals surface area (Å²) >= 11 is 0. The van der Waals surface area contributed by atoms with Gasteiger partial charge in [-0.25, -0.2) is 0 Å². The van der Waals surface area contributed by atoms with Crippen LogP contribution in [-0.2, 0) is 0 Å². The first kappa shape index (κ1) is 13.8. The van der Waals surface area contributed by atoms with Crippen molar-refractivity contribution in [2.45, 2.75) is 6.92 Å². The van der Waals surface area contributed by atoms with E-state index in [1.54, 1.807) is 0 Å². The lowest BCUT2D eigenvalue weighted by atomic mass is 10.1. The molecule has 0 fully saturated rings. The number of rotatable bonds is 4. The fourth-order valence-electron chi connectivity index (χ4n) is 1.96. The quantitative estimate of drug-likeness (QED) is 0.642. The highest BCUT2D eigenvalue weighted by Crippen LogP contribution is 2.22. The molecule has 4 nitrogen and oxygen atoms in total. The maximum atomic E-state index is 6.02. The van der Waals surface area contributed by atoms with E-state index in [1.165, 1.54) is 0 Å². The third-order valence-corrected chi connectivity index (χ3v) is 3.07. The van der Waals surface area contributed by atoms with Crippen LogP contribution in [0.15, 0.2) is 42.5 Å². The fourth-order valence-corrected chi connectivity index (χ4v) is 1.96. The van der Waals surface area contributed by atoms with Crippen molar-refractivity contribution in [1.82, 2.24) is 0 Å². The normalized spacial score (nSPS) is 10.8. The molecule has 0 aliphatic heterocycles. The van der Waals surface area contributed by atoms with E-state index < -0.39 is 0 Å². The minimum Gasteiger partial charge on any atom is -0.399 e. The lowest BCUT2D eigenvalue weighted by Crippen LogP contribution is -1.99. The topological polar surface area (TPSA) is 90.1 Å². The van der Waals surface area contributed by atoms with Gasteiger partial charge in [0.25, 0.3) is 0 Å². The summed E-state index contributed by atoms with van der Waals surface area (Å²) in [7, 11) is 0. The first-order valence-electron chi connectivity index (χ1n) is 6.48. The molecule has 2 aromatic carbocycles. The van der Waals surface area contributed by atoms with Gasteiger partial charge in [0, 0.05) is 29.3 Å². The van der Waals surface area contributed by atoms with Crippen LogP contribution in [0.1, 0.15) is 11.1 Å². The Balaban J connectivity index is 1.98. The zero-order chi connectivity index (χ0) is 14.5. The molecule has 0 aliphatic carbocycles. The predicted octanol–water partition coefficient (Wildman–Crippen LogP) is 2.87. The van der Waals surface area contributed by atoms with Crippen LogP contribution in [0.5, 0.6) is 0 Å². The number of hydrogen-bond acceptors (Lipinski definition) is 4. The third kappa shape index (κ3) is 3.45. The molecule has 0 spiro atoms. The molecule has 0 saturated carbocycles. The molecule has 0 heterocycles. The van der Waals surface area contributed by atoms with Crippen molar-refractivity contribution >= 4 is 28.8 Å². The summed E-state index contributed by atoms with van der Waals surface area (Å²) in [4.78, 5) is 0. The van der Waals surface area contributed by atoms with E-state index in [1.807, 2.05) is 55.5 Å². The Morgan fingerprint density at radius 1 is 1.00 bits per heavy atom. The second kappa shape index (κ2) is 6.02. The van der Waals surface area contributed by atoms with Crippen LogP contribution in [0.25, 0.3) is 6.08 Å². The van der Waals surface area contributed by atoms with E-state index in [-0.39, 0.29) is 0 Å². The molecule has 0 bridgehead atoms. The van der Waals surface area contributed by atoms with Gasteiger partial charge in [0.2, 0.25) is 0 Å². The molecule has 0 amide bonds. The Morgan fingerprint density at radius 3 is 2.40 bits per heavy atom. The zero-order valence-electron chi connectivity index (χ0n) is 11.6. The molecular formula is C16H20N4. The number of anilines is 4. The first-order valence-corrected chi connectivity index (χ1v) is 6.48. The Labute approximate surface area is 119 Å². The van der Waals surface area contributed by atoms with E-state index in [0.717, 1.165) is 33.9 Å². The average Bonchev–Trinajstić information content (AvgIpc) is 2.42. The first-order chi connectivity index (χ1) is 9.56. The predicted molar refractivity (Wildman–Crippen MR) is 88.4 cm³/mol. The maximum absolute atomic E-state index is 6.02. The molecule has 0 unspecified atom stereocenters. The fraction of sp³-hybridized carbons (Fsp3) is 0.125. The van der Waals surface area contributed by atoms with Gasteiger partial charge in [0.05, 0.1) is 0 Å². The van der Waals surface area contributed by atoms with Gasteiger partial charge in [0.1, 0.15) is 0 Å². The maximum Gasteiger partial charge on any atom is 0.0418 e. The highest BCUT2D eigenvalue weighted by Gasteiger charge is 2.00. The van der Waals surface area contributed by atoms with Crippen LogP contribution < -0.4 is 22.5 Å². The van der Waals surface area contributed by atoms with Gasteiger partial charge in [0.15, 0.2) is 0 Å². The molecule has 104 valence electrons. The van der Waals surface area contributed by atoms with Crippen molar-refractivity contribution < 1.29 is 0 Å². The summed E-state index contributed by atoms with van der Waals surface area (Å²) in [5.74, 6) is 0. The molecule has 20 heavy (non-hydrogen) atoms. The van der Waals surface area contributed by atoms with Crippen molar-refractivity contribution in [2.75, 3.05) is 29.1 Å². The van der Waals surface area contributed by atoms with E-state index in [4.69, 9.17) is 17.2 Å². The Bertz CT molecular complexity index is 615. The summed E-state index contributed by atoms with van der Waals surface area (Å²) < 4.78 is 0. The van der Waals surface area contributed by atoms with Gasteiger partial charge < -0.3 is 22.5 Å². The van der Waals surface area contributed by atoms with Crippen molar-refractivity contribution in [3.63, 3.8) is 0 Å². The number of hydrogen-bond donors (Lipinski definition) is 4. The number of nitrogens with one attached hydrogen (secondary N) is 1. The molecule has 0 aliphatic rings. The van der Waals surface area contributed by atoms with Crippen molar-refractivity contribution in [2.24, 2.45) is 0 Å². The summed E-state index contributed by atoms with van der Waals surface area (Å²) in [5, 5.41) is 3.28. The lowest BCUT2D eigenvalue weighted by Gasteiger charge is -2.07. The Morgan fingerprint density at radius 2 is 1.70 bits per heavy atom. The summed E-state index contributed by atoms with van der Waals surface area (Å²) in [6.07, 6.45) is 3.99. The smallest absolute Gasteiger partial charge is 0.0418 e. The largest absolute Gasteiger partial charge is 0.399 e.